The molecule has 0 saturated carbocycles. The van der Waals surface area contributed by atoms with Crippen LogP contribution in [0.15, 0.2) is 72.8 Å². The molecule has 2 aliphatic heterocycles. The third kappa shape index (κ3) is 6.29. The number of carboxylic acids is 1. The molecule has 1 amide bonds. The molecule has 2 heterocycles. The summed E-state index contributed by atoms with van der Waals surface area (Å²) in [6.07, 6.45) is 4.36. The SMILES string of the molecule is C=CCN1C[C@H](C)N(C(c2cccc(O)c2)c2cccc(C(=O)N3CCC(=CC(=O)O)CC3)c2)C[C@H]1C. The summed E-state index contributed by atoms with van der Waals surface area (Å²) in [7, 11) is 0. The summed E-state index contributed by atoms with van der Waals surface area (Å²) in [5.41, 5.74) is 3.49. The number of carbonyl (C=O) groups is 2. The molecule has 0 aromatic heterocycles. The molecular weight excluding hydrogens is 466 g/mol. The van der Waals surface area contributed by atoms with E-state index in [0.717, 1.165) is 36.3 Å². The lowest BCUT2D eigenvalue weighted by Gasteiger charge is -2.47. The maximum absolute atomic E-state index is 13.4. The average Bonchev–Trinajstić information content (AvgIpc) is 2.87. The van der Waals surface area contributed by atoms with Gasteiger partial charge in [0.2, 0.25) is 0 Å². The van der Waals surface area contributed by atoms with E-state index in [4.69, 9.17) is 5.11 Å². The van der Waals surface area contributed by atoms with Crippen LogP contribution in [0.2, 0.25) is 0 Å². The van der Waals surface area contributed by atoms with Crippen LogP contribution in [0.1, 0.15) is 54.2 Å². The third-order valence-electron chi connectivity index (χ3n) is 7.51. The smallest absolute Gasteiger partial charge is 0.328 e. The van der Waals surface area contributed by atoms with Crippen molar-refractivity contribution in [2.75, 3.05) is 32.7 Å². The summed E-state index contributed by atoms with van der Waals surface area (Å²) in [5.74, 6) is -0.753. The van der Waals surface area contributed by atoms with E-state index in [1.54, 1.807) is 11.0 Å². The van der Waals surface area contributed by atoms with Crippen LogP contribution in [0.25, 0.3) is 0 Å². The first-order valence-electron chi connectivity index (χ1n) is 13.0. The van der Waals surface area contributed by atoms with Crippen LogP contribution in [0.5, 0.6) is 5.75 Å². The number of likely N-dealkylation sites (tertiary alicyclic amines) is 1. The minimum absolute atomic E-state index is 0.0388. The monoisotopic (exact) mass is 503 g/mol. The number of piperidine rings is 1. The van der Waals surface area contributed by atoms with E-state index in [2.05, 4.69) is 36.3 Å². The number of piperazine rings is 1. The second kappa shape index (κ2) is 11.8. The van der Waals surface area contributed by atoms with Gasteiger partial charge in [-0.15, -0.1) is 6.58 Å². The van der Waals surface area contributed by atoms with E-state index >= 15 is 0 Å². The maximum Gasteiger partial charge on any atom is 0.328 e. The first-order valence-corrected chi connectivity index (χ1v) is 13.0. The van der Waals surface area contributed by atoms with Crippen molar-refractivity contribution in [3.05, 3.63) is 89.5 Å². The van der Waals surface area contributed by atoms with E-state index in [1.807, 2.05) is 42.5 Å². The highest BCUT2D eigenvalue weighted by atomic mass is 16.4. The van der Waals surface area contributed by atoms with Crippen molar-refractivity contribution >= 4 is 11.9 Å². The van der Waals surface area contributed by atoms with Crippen LogP contribution in [0.3, 0.4) is 0 Å². The zero-order valence-corrected chi connectivity index (χ0v) is 21.7. The van der Waals surface area contributed by atoms with Crippen molar-refractivity contribution in [3.8, 4) is 5.75 Å². The van der Waals surface area contributed by atoms with Gasteiger partial charge in [-0.1, -0.05) is 35.9 Å². The molecule has 0 radical (unpaired) electrons. The van der Waals surface area contributed by atoms with Gasteiger partial charge in [0.05, 0.1) is 6.04 Å². The van der Waals surface area contributed by atoms with Crippen molar-refractivity contribution in [3.63, 3.8) is 0 Å². The lowest BCUT2D eigenvalue weighted by Crippen LogP contribution is -2.57. The average molecular weight is 504 g/mol. The van der Waals surface area contributed by atoms with Crippen molar-refractivity contribution in [1.82, 2.24) is 14.7 Å². The van der Waals surface area contributed by atoms with Crippen molar-refractivity contribution in [2.45, 2.75) is 44.8 Å². The van der Waals surface area contributed by atoms with E-state index in [-0.39, 0.29) is 23.7 Å². The van der Waals surface area contributed by atoms with E-state index in [9.17, 15) is 14.7 Å². The molecule has 2 N–H and O–H groups in total. The highest BCUT2D eigenvalue weighted by Gasteiger charge is 2.35. The van der Waals surface area contributed by atoms with Gasteiger partial charge < -0.3 is 15.1 Å². The summed E-state index contributed by atoms with van der Waals surface area (Å²) in [6.45, 7) is 12.0. The van der Waals surface area contributed by atoms with Crippen LogP contribution in [-0.2, 0) is 4.79 Å². The Kier molecular flexibility index (Phi) is 8.46. The molecular formula is C30H37N3O4. The molecule has 2 aromatic carbocycles. The highest BCUT2D eigenvalue weighted by molar-refractivity contribution is 5.94. The number of rotatable bonds is 7. The molecule has 2 fully saturated rings. The standard InChI is InChI=1S/C30H37N3O4/c1-4-13-32-19-22(3)33(20-21(32)2)29(25-8-6-10-27(34)18-25)24-7-5-9-26(17-24)30(37)31-14-11-23(12-15-31)16-28(35)36/h4-10,16-18,21-22,29,34H,1,11-15,19-20H2,2-3H3,(H,35,36)/t21-,22+,29?/m1/s1. The van der Waals surface area contributed by atoms with E-state index < -0.39 is 5.97 Å². The summed E-state index contributed by atoms with van der Waals surface area (Å²) in [4.78, 5) is 31.1. The molecule has 4 rings (SSSR count). The topological polar surface area (TPSA) is 84.3 Å². The molecule has 7 heteroatoms. The largest absolute Gasteiger partial charge is 0.508 e. The van der Waals surface area contributed by atoms with Crippen LogP contribution in [-0.4, -0.2) is 81.6 Å². The first-order chi connectivity index (χ1) is 17.8. The minimum atomic E-state index is -0.936. The lowest BCUT2D eigenvalue weighted by atomic mass is 9.92. The second-order valence-corrected chi connectivity index (χ2v) is 10.2. The van der Waals surface area contributed by atoms with Crippen molar-refractivity contribution < 1.29 is 19.8 Å². The summed E-state index contributed by atoms with van der Waals surface area (Å²) < 4.78 is 0. The number of phenols is 1. The number of benzene rings is 2. The molecule has 0 spiro atoms. The number of hydrogen-bond acceptors (Lipinski definition) is 5. The molecule has 0 bridgehead atoms. The fourth-order valence-electron chi connectivity index (χ4n) is 5.62. The molecule has 2 aromatic rings. The van der Waals surface area contributed by atoms with Gasteiger partial charge in [0.15, 0.2) is 0 Å². The molecule has 1 unspecified atom stereocenters. The number of hydrogen-bond donors (Lipinski definition) is 2. The van der Waals surface area contributed by atoms with Gasteiger partial charge in [-0.3, -0.25) is 14.6 Å². The van der Waals surface area contributed by atoms with Gasteiger partial charge in [0.25, 0.3) is 5.91 Å². The summed E-state index contributed by atoms with van der Waals surface area (Å²) >= 11 is 0. The Hall–Kier alpha value is -3.42. The van der Waals surface area contributed by atoms with Gasteiger partial charge >= 0.3 is 5.97 Å². The Labute approximate surface area is 219 Å². The number of aromatic hydroxyl groups is 1. The van der Waals surface area contributed by atoms with Crippen LogP contribution in [0, 0.1) is 0 Å². The normalized spacial score (nSPS) is 21.9. The van der Waals surface area contributed by atoms with Gasteiger partial charge in [-0.2, -0.15) is 0 Å². The van der Waals surface area contributed by atoms with E-state index in [0.29, 0.717) is 37.5 Å². The van der Waals surface area contributed by atoms with E-state index in [1.165, 1.54) is 6.08 Å². The molecule has 196 valence electrons. The van der Waals surface area contributed by atoms with Crippen LogP contribution >= 0.6 is 0 Å². The van der Waals surface area contributed by atoms with Crippen molar-refractivity contribution in [1.29, 1.82) is 0 Å². The van der Waals surface area contributed by atoms with Crippen LogP contribution < -0.4 is 0 Å². The van der Waals surface area contributed by atoms with Crippen molar-refractivity contribution in [2.24, 2.45) is 0 Å². The maximum atomic E-state index is 13.4. The third-order valence-corrected chi connectivity index (χ3v) is 7.51. The Morgan fingerprint density at radius 3 is 2.35 bits per heavy atom. The first kappa shape index (κ1) is 26.6. The molecule has 0 aliphatic carbocycles. The number of aliphatic carboxylic acids is 1. The Morgan fingerprint density at radius 1 is 1.03 bits per heavy atom. The van der Waals surface area contributed by atoms with Gasteiger partial charge in [0, 0.05) is 56.4 Å². The van der Waals surface area contributed by atoms with Gasteiger partial charge in [-0.25, -0.2) is 4.79 Å². The summed E-state index contributed by atoms with van der Waals surface area (Å²) in [6, 6.07) is 15.7. The Bertz CT molecular complexity index is 1170. The predicted molar refractivity (Wildman–Crippen MR) is 145 cm³/mol. The summed E-state index contributed by atoms with van der Waals surface area (Å²) in [5, 5.41) is 19.3. The number of phenolic OH excluding ortho intramolecular Hbond substituents is 1. The molecule has 3 atom stereocenters. The number of carboxylic acid groups (broad SMARTS) is 1. The number of amides is 1. The minimum Gasteiger partial charge on any atom is -0.508 e. The molecule has 2 aliphatic rings. The predicted octanol–water partition coefficient (Wildman–Crippen LogP) is 4.31. The molecule has 37 heavy (non-hydrogen) atoms. The highest BCUT2D eigenvalue weighted by Crippen LogP contribution is 2.35. The lowest BCUT2D eigenvalue weighted by molar-refractivity contribution is -0.131. The van der Waals surface area contributed by atoms with Gasteiger partial charge in [0.1, 0.15) is 5.75 Å². The zero-order valence-electron chi connectivity index (χ0n) is 21.7. The fourth-order valence-corrected chi connectivity index (χ4v) is 5.62. The van der Waals surface area contributed by atoms with Crippen LogP contribution in [0.4, 0.5) is 0 Å². The number of carbonyl (C=O) groups excluding carboxylic acids is 1. The van der Waals surface area contributed by atoms with Gasteiger partial charge in [-0.05, 0) is 62.1 Å². The fraction of sp³-hybridized carbons (Fsp3) is 0.400. The Balaban J connectivity index is 1.62. The quantitative estimate of drug-likeness (QED) is 0.433. The molecule has 7 nitrogen and oxygen atoms in total. The zero-order chi connectivity index (χ0) is 26.5. The second-order valence-electron chi connectivity index (χ2n) is 10.2. The molecule has 2 saturated heterocycles. The Morgan fingerprint density at radius 2 is 1.70 bits per heavy atom. The number of nitrogens with zero attached hydrogens (tertiary/aromatic N) is 3.